The second-order valence-electron chi connectivity index (χ2n) is 8.46. The number of nitro groups is 1. The molecule has 2 aliphatic rings. The van der Waals surface area contributed by atoms with Gasteiger partial charge in [-0.1, -0.05) is 30.3 Å². The molecule has 1 N–H and O–H groups in total. The number of benzene rings is 2. The van der Waals surface area contributed by atoms with E-state index in [2.05, 4.69) is 15.6 Å². The number of rotatable bonds is 6. The monoisotopic (exact) mass is 521 g/mol. The molecule has 2 aliphatic heterocycles. The summed E-state index contributed by atoms with van der Waals surface area (Å²) < 4.78 is 6.69. The van der Waals surface area contributed by atoms with Crippen molar-refractivity contribution in [3.63, 3.8) is 0 Å². The second-order valence-corrected chi connectivity index (χ2v) is 8.46. The molecule has 3 aromatic rings. The van der Waals surface area contributed by atoms with Crippen molar-refractivity contribution < 1.29 is 28.9 Å². The minimum Gasteiger partial charge on any atom is -0.393 e. The van der Waals surface area contributed by atoms with E-state index in [0.717, 1.165) is 11.1 Å². The third kappa shape index (κ3) is 4.59. The fraction of sp³-hybridized carbons (Fsp3) is 0.250. The van der Waals surface area contributed by atoms with Gasteiger partial charge in [-0.2, -0.15) is 15.6 Å². The molecule has 2 bridgehead atoms. The first-order valence-electron chi connectivity index (χ1n) is 11.5. The van der Waals surface area contributed by atoms with Gasteiger partial charge in [0.1, 0.15) is 24.4 Å². The van der Waals surface area contributed by atoms with Crippen LogP contribution in [0.3, 0.4) is 0 Å². The summed E-state index contributed by atoms with van der Waals surface area (Å²) in [5.74, 6) is 0.208. The molecule has 1 fully saturated rings. The van der Waals surface area contributed by atoms with Crippen LogP contribution in [-0.4, -0.2) is 56.3 Å². The number of amides is 2. The summed E-state index contributed by atoms with van der Waals surface area (Å²) in [6.07, 6.45) is 0.554. The molecular weight excluding hydrogens is 498 g/mol. The zero-order valence-corrected chi connectivity index (χ0v) is 20.4. The molecule has 0 unspecified atom stereocenters. The Morgan fingerprint density at radius 1 is 1.21 bits per heavy atom. The molecule has 2 atom stereocenters. The Kier molecular flexibility index (Phi) is 6.62. The average molecular weight is 521 g/mol. The first-order chi connectivity index (χ1) is 18.4. The number of carbonyl (C=O) groups is 2. The van der Waals surface area contributed by atoms with Gasteiger partial charge in [-0.25, -0.2) is 9.59 Å². The fourth-order valence-corrected chi connectivity index (χ4v) is 4.45. The fourth-order valence-electron chi connectivity index (χ4n) is 4.45. The third-order valence-electron chi connectivity index (χ3n) is 6.23. The van der Waals surface area contributed by atoms with Crippen LogP contribution in [0.25, 0.3) is 0 Å². The number of hydrogen-bond donors (Lipinski definition) is 1. The number of non-ortho nitro benzene ring substituents is 1. The Hall–Kier alpha value is -4.98. The predicted octanol–water partition coefficient (Wildman–Crippen LogP) is 3.04. The summed E-state index contributed by atoms with van der Waals surface area (Å²) in [5.41, 5.74) is 4.72. The van der Waals surface area contributed by atoms with Gasteiger partial charge in [-0.15, -0.1) is 0 Å². The van der Waals surface area contributed by atoms with E-state index in [0.29, 0.717) is 12.2 Å². The highest BCUT2D eigenvalue weighted by Crippen LogP contribution is 2.44. The van der Waals surface area contributed by atoms with Crippen molar-refractivity contribution in [2.45, 2.75) is 18.7 Å². The largest absolute Gasteiger partial charge is 0.538 e. The molecule has 0 spiro atoms. The SMILES string of the molecule is CN=C(NOC(=O)Oc1ccc([N+](=O)[O-])cc1)[C@@H]1c2c(cnn2C)[C@@H]2CN1C(=O)N2OCc1ccccc1. The second kappa shape index (κ2) is 10.2. The highest BCUT2D eigenvalue weighted by atomic mass is 16.8. The Labute approximate surface area is 216 Å². The van der Waals surface area contributed by atoms with Gasteiger partial charge in [0.05, 0.1) is 23.4 Å². The minimum atomic E-state index is -1.13. The molecule has 1 aromatic heterocycles. The zero-order chi connectivity index (χ0) is 26.8. The number of hydroxylamine groups is 3. The van der Waals surface area contributed by atoms with E-state index in [1.165, 1.54) is 36.4 Å². The van der Waals surface area contributed by atoms with Crippen LogP contribution < -0.4 is 10.2 Å². The van der Waals surface area contributed by atoms with Gasteiger partial charge < -0.3 is 14.5 Å². The molecule has 0 aliphatic carbocycles. The minimum absolute atomic E-state index is 0.0488. The Morgan fingerprint density at radius 2 is 1.95 bits per heavy atom. The van der Waals surface area contributed by atoms with Gasteiger partial charge in [-0.05, 0) is 17.7 Å². The smallest absolute Gasteiger partial charge is 0.393 e. The number of fused-ring (bicyclic) bond motifs is 4. The lowest BCUT2D eigenvalue weighted by Gasteiger charge is -2.31. The average Bonchev–Trinajstić information content (AvgIpc) is 3.44. The third-order valence-corrected chi connectivity index (χ3v) is 6.23. The van der Waals surface area contributed by atoms with Crippen LogP contribution in [0.15, 0.2) is 65.8 Å². The predicted molar refractivity (Wildman–Crippen MR) is 131 cm³/mol. The van der Waals surface area contributed by atoms with Crippen molar-refractivity contribution in [3.05, 3.63) is 87.7 Å². The van der Waals surface area contributed by atoms with Crippen LogP contribution in [-0.2, 0) is 23.3 Å². The number of nitro benzene ring substituents is 1. The molecule has 2 amide bonds. The Bertz CT molecular complexity index is 1390. The molecule has 2 aromatic carbocycles. The lowest BCUT2D eigenvalue weighted by molar-refractivity contribution is -0.384. The van der Waals surface area contributed by atoms with Crippen LogP contribution in [0.2, 0.25) is 0 Å². The number of aliphatic imine (C=N–C) groups is 1. The lowest BCUT2D eigenvalue weighted by atomic mass is 9.97. The van der Waals surface area contributed by atoms with Crippen molar-refractivity contribution in [1.29, 1.82) is 0 Å². The van der Waals surface area contributed by atoms with Crippen molar-refractivity contribution in [2.75, 3.05) is 13.6 Å². The molecule has 0 radical (unpaired) electrons. The van der Waals surface area contributed by atoms with E-state index in [1.54, 1.807) is 22.8 Å². The van der Waals surface area contributed by atoms with Crippen LogP contribution in [0.4, 0.5) is 15.3 Å². The number of hydrogen-bond acceptors (Lipinski definition) is 9. The van der Waals surface area contributed by atoms with Gasteiger partial charge in [0, 0.05) is 31.8 Å². The topological polar surface area (TPSA) is 154 Å². The molecule has 0 saturated carbocycles. The highest BCUT2D eigenvalue weighted by Gasteiger charge is 2.52. The Balaban J connectivity index is 1.30. The first-order valence-corrected chi connectivity index (χ1v) is 11.5. The van der Waals surface area contributed by atoms with E-state index < -0.39 is 17.1 Å². The van der Waals surface area contributed by atoms with Gasteiger partial charge >= 0.3 is 12.2 Å². The summed E-state index contributed by atoms with van der Waals surface area (Å²) in [4.78, 5) is 52.6. The number of nitrogens with one attached hydrogen (secondary N) is 1. The van der Waals surface area contributed by atoms with Crippen molar-refractivity contribution in [3.8, 4) is 5.75 Å². The van der Waals surface area contributed by atoms with Gasteiger partial charge in [-0.3, -0.25) is 24.6 Å². The van der Waals surface area contributed by atoms with E-state index in [4.69, 9.17) is 14.4 Å². The molecule has 1 saturated heterocycles. The summed E-state index contributed by atoms with van der Waals surface area (Å²) in [7, 11) is 3.23. The Morgan fingerprint density at radius 3 is 2.63 bits per heavy atom. The molecular formula is C24H23N7O7. The van der Waals surface area contributed by atoms with Gasteiger partial charge in [0.15, 0.2) is 5.84 Å². The van der Waals surface area contributed by atoms with Crippen molar-refractivity contribution in [2.24, 2.45) is 12.0 Å². The zero-order valence-electron chi connectivity index (χ0n) is 20.4. The van der Waals surface area contributed by atoms with Crippen molar-refractivity contribution >= 4 is 23.7 Å². The van der Waals surface area contributed by atoms with Crippen LogP contribution in [0.5, 0.6) is 5.75 Å². The molecule has 3 heterocycles. The van der Waals surface area contributed by atoms with Crippen LogP contribution in [0.1, 0.15) is 28.9 Å². The van der Waals surface area contributed by atoms with E-state index in [9.17, 15) is 19.7 Å². The standard InChI is InChI=1S/C24H23N7O7/c1-25-22(27-38-24(33)37-17-10-8-16(9-11-17)31(34)35)21-20-18(12-26-28(20)2)19-13-29(21)23(32)30(19)36-14-15-6-4-3-5-7-15/h3-12,19,21H,13-14H2,1-2H3,(H,25,27)/t19-,21-/m0/s1. The van der Waals surface area contributed by atoms with E-state index in [1.807, 2.05) is 30.3 Å². The molecule has 38 heavy (non-hydrogen) atoms. The molecule has 196 valence electrons. The number of aromatic nitrogens is 2. The number of ether oxygens (including phenoxy) is 1. The number of aryl methyl sites for hydroxylation is 1. The summed E-state index contributed by atoms with van der Waals surface area (Å²) in [6.45, 7) is 0.521. The summed E-state index contributed by atoms with van der Waals surface area (Å²) in [5, 5.41) is 16.5. The van der Waals surface area contributed by atoms with Crippen LogP contribution >= 0.6 is 0 Å². The quantitative estimate of drug-likeness (QED) is 0.129. The number of carbonyl (C=O) groups excluding carboxylic acids is 2. The number of urea groups is 1. The normalized spacial score (nSPS) is 18.3. The maximum Gasteiger partial charge on any atom is 0.538 e. The van der Waals surface area contributed by atoms with Gasteiger partial charge in [0.25, 0.3) is 5.69 Å². The van der Waals surface area contributed by atoms with E-state index >= 15 is 0 Å². The number of amidine groups is 1. The summed E-state index contributed by atoms with van der Waals surface area (Å²) in [6, 6.07) is 12.9. The van der Waals surface area contributed by atoms with Crippen LogP contribution in [0, 0.1) is 10.1 Å². The highest BCUT2D eigenvalue weighted by molar-refractivity contribution is 5.93. The molecule has 5 rings (SSSR count). The molecule has 14 heteroatoms. The molecule has 14 nitrogen and oxygen atoms in total. The first kappa shape index (κ1) is 24.7. The summed E-state index contributed by atoms with van der Waals surface area (Å²) >= 11 is 0. The van der Waals surface area contributed by atoms with Gasteiger partial charge in [0.2, 0.25) is 0 Å². The maximum atomic E-state index is 13.4. The van der Waals surface area contributed by atoms with Crippen molar-refractivity contribution in [1.82, 2.24) is 25.2 Å². The number of nitrogens with zero attached hydrogens (tertiary/aromatic N) is 6. The lowest BCUT2D eigenvalue weighted by Crippen LogP contribution is -2.45. The maximum absolute atomic E-state index is 13.4. The van der Waals surface area contributed by atoms with E-state index in [-0.39, 0.29) is 36.0 Å².